The molecule has 1 saturated heterocycles. The summed E-state index contributed by atoms with van der Waals surface area (Å²) in [7, 11) is -4.28. The molecule has 0 radical (unpaired) electrons. The number of alkyl halides is 1. The number of rotatable bonds is 11. The minimum atomic E-state index is -4.28. The zero-order valence-electron chi connectivity index (χ0n) is 20.2. The molecule has 36 heavy (non-hydrogen) atoms. The average molecular weight is 528 g/mol. The number of halogens is 1. The summed E-state index contributed by atoms with van der Waals surface area (Å²) in [6, 6.07) is 6.93. The number of esters is 1. The van der Waals surface area contributed by atoms with Gasteiger partial charge in [-0.25, -0.2) is 8.96 Å². The van der Waals surface area contributed by atoms with Crippen molar-refractivity contribution >= 4 is 25.4 Å². The molecule has 0 saturated carbocycles. The van der Waals surface area contributed by atoms with Crippen molar-refractivity contribution in [3.8, 4) is 5.75 Å². The number of ether oxygens (including phenoxy) is 2. The Balaban J connectivity index is 1.75. The summed E-state index contributed by atoms with van der Waals surface area (Å²) in [6.45, 7) is 3.83. The Morgan fingerprint density at radius 2 is 2.06 bits per heavy atom. The molecule has 2 aliphatic rings. The molecule has 1 unspecified atom stereocenters. The van der Waals surface area contributed by atoms with Crippen LogP contribution in [-0.2, 0) is 32.9 Å². The minimum Gasteiger partial charge on any atom is -0.465 e. The fourth-order valence-corrected chi connectivity index (χ4v) is 5.11. The molecule has 1 amide bonds. The molecule has 1 aromatic rings. The largest absolute Gasteiger partial charge is 0.465 e. The third-order valence-electron chi connectivity index (χ3n) is 5.54. The second-order valence-corrected chi connectivity index (χ2v) is 10.3. The summed E-state index contributed by atoms with van der Waals surface area (Å²) in [6.07, 6.45) is -2.35. The Bertz CT molecular complexity index is 1040. The molecule has 13 heteroatoms. The standard InChI is InChI=1S/C23H30FN2O9P/c1-4-12-32-21(30)15(2)25-36(31,35-17-8-6-5-7-9-17)33-14-18-20(29)23(3,24)22(34-18)26-11-10-16(27)13-19(26)28/h5-11,15,18,20,22,29H,4,12-14H2,1-3H3,(H,25,31)/t15-,18+,20+,22+,23+,36?/m0/s1. The van der Waals surface area contributed by atoms with Crippen LogP contribution in [0, 0.1) is 0 Å². The number of nitrogens with one attached hydrogen (secondary N) is 1. The Hall–Kier alpha value is -2.63. The molecule has 1 fully saturated rings. The molecule has 3 rings (SSSR count). The number of aliphatic hydroxyl groups excluding tert-OH is 1. The van der Waals surface area contributed by atoms with Crippen molar-refractivity contribution in [2.45, 2.75) is 63.8 Å². The van der Waals surface area contributed by atoms with Crippen LogP contribution in [0.25, 0.3) is 0 Å². The van der Waals surface area contributed by atoms with E-state index in [0.717, 1.165) is 24.1 Å². The lowest BCUT2D eigenvalue weighted by Crippen LogP contribution is -2.51. The van der Waals surface area contributed by atoms with Crippen LogP contribution in [0.3, 0.4) is 0 Å². The maximum absolute atomic E-state index is 15.5. The number of amides is 1. The van der Waals surface area contributed by atoms with E-state index in [0.29, 0.717) is 6.42 Å². The van der Waals surface area contributed by atoms with Crippen LogP contribution in [-0.4, -0.2) is 71.0 Å². The van der Waals surface area contributed by atoms with Gasteiger partial charge < -0.3 is 19.1 Å². The predicted molar refractivity (Wildman–Crippen MR) is 124 cm³/mol. The van der Waals surface area contributed by atoms with Gasteiger partial charge in [0, 0.05) is 6.20 Å². The first-order chi connectivity index (χ1) is 17.0. The maximum Gasteiger partial charge on any atom is 0.459 e. The normalized spacial score (nSPS) is 28.6. The number of benzene rings is 1. The van der Waals surface area contributed by atoms with E-state index in [4.69, 9.17) is 18.5 Å². The van der Waals surface area contributed by atoms with Crippen LogP contribution in [0.5, 0.6) is 5.75 Å². The molecule has 6 atom stereocenters. The fourth-order valence-electron chi connectivity index (χ4n) is 3.60. The number of allylic oxidation sites excluding steroid dienone is 1. The number of ketones is 1. The highest BCUT2D eigenvalue weighted by molar-refractivity contribution is 7.52. The minimum absolute atomic E-state index is 0.164. The second-order valence-electron chi connectivity index (χ2n) is 8.60. The first kappa shape index (κ1) is 27.9. The summed E-state index contributed by atoms with van der Waals surface area (Å²) >= 11 is 0. The van der Waals surface area contributed by atoms with Crippen molar-refractivity contribution in [3.63, 3.8) is 0 Å². The highest BCUT2D eigenvalue weighted by Crippen LogP contribution is 2.46. The van der Waals surface area contributed by atoms with Crippen LogP contribution >= 0.6 is 7.75 Å². The summed E-state index contributed by atoms with van der Waals surface area (Å²) < 4.78 is 50.6. The van der Waals surface area contributed by atoms with E-state index in [-0.39, 0.29) is 12.4 Å². The van der Waals surface area contributed by atoms with Crippen molar-refractivity contribution in [1.82, 2.24) is 9.99 Å². The Labute approximate surface area is 208 Å². The topological polar surface area (TPSA) is 141 Å². The Morgan fingerprint density at radius 3 is 2.69 bits per heavy atom. The summed E-state index contributed by atoms with van der Waals surface area (Å²) in [5.74, 6) is -1.65. The van der Waals surface area contributed by atoms with Crippen molar-refractivity contribution in [1.29, 1.82) is 0 Å². The lowest BCUT2D eigenvalue weighted by atomic mass is 9.97. The molecule has 2 heterocycles. The number of carbonyl (C=O) groups is 3. The number of aliphatic hydroxyl groups is 1. The molecular weight excluding hydrogens is 498 g/mol. The van der Waals surface area contributed by atoms with Gasteiger partial charge in [0.1, 0.15) is 24.0 Å². The molecular formula is C23H30FN2O9P. The molecule has 1 aromatic carbocycles. The van der Waals surface area contributed by atoms with Gasteiger partial charge in [0.05, 0.1) is 19.6 Å². The van der Waals surface area contributed by atoms with E-state index < -0.39 is 68.6 Å². The number of hydrogen-bond acceptors (Lipinski definition) is 9. The summed E-state index contributed by atoms with van der Waals surface area (Å²) in [5.41, 5.74) is -2.44. The number of carbonyl (C=O) groups excluding carboxylic acids is 3. The molecule has 0 bridgehead atoms. The van der Waals surface area contributed by atoms with Crippen LogP contribution in [0.15, 0.2) is 42.6 Å². The van der Waals surface area contributed by atoms with Gasteiger partial charge in [-0.15, -0.1) is 0 Å². The van der Waals surface area contributed by atoms with E-state index in [9.17, 15) is 24.1 Å². The Kier molecular flexibility index (Phi) is 9.02. The third-order valence-corrected chi connectivity index (χ3v) is 7.18. The number of para-hydroxylation sites is 1. The van der Waals surface area contributed by atoms with Crippen LogP contribution in [0.4, 0.5) is 4.39 Å². The van der Waals surface area contributed by atoms with Crippen molar-refractivity contribution in [2.75, 3.05) is 13.2 Å². The van der Waals surface area contributed by atoms with E-state index in [1.165, 1.54) is 19.1 Å². The van der Waals surface area contributed by atoms with E-state index in [1.807, 2.05) is 6.92 Å². The van der Waals surface area contributed by atoms with Gasteiger partial charge in [-0.1, -0.05) is 25.1 Å². The monoisotopic (exact) mass is 528 g/mol. The number of nitrogens with zero attached hydrogens (tertiary/aromatic N) is 1. The number of hydrogen-bond donors (Lipinski definition) is 2. The zero-order valence-corrected chi connectivity index (χ0v) is 21.1. The second kappa shape index (κ2) is 11.6. The summed E-state index contributed by atoms with van der Waals surface area (Å²) in [5, 5.41) is 13.1. The van der Waals surface area contributed by atoms with Crippen molar-refractivity contribution in [3.05, 3.63) is 42.6 Å². The van der Waals surface area contributed by atoms with Gasteiger partial charge in [0.25, 0.3) is 0 Å². The highest BCUT2D eigenvalue weighted by atomic mass is 31.2. The van der Waals surface area contributed by atoms with E-state index >= 15 is 4.39 Å². The molecule has 0 aromatic heterocycles. The molecule has 2 aliphatic heterocycles. The SMILES string of the molecule is CCCOC(=O)[C@H](C)NP(=O)(OC[C@H]1O[C@@H](N2C=CC(=O)CC2=O)[C@](C)(F)[C@@H]1O)Oc1ccccc1. The predicted octanol–water partition coefficient (Wildman–Crippen LogP) is 2.25. The lowest BCUT2D eigenvalue weighted by molar-refractivity contribution is -0.150. The van der Waals surface area contributed by atoms with Gasteiger partial charge in [0.15, 0.2) is 17.7 Å². The van der Waals surface area contributed by atoms with Gasteiger partial charge in [0.2, 0.25) is 5.91 Å². The van der Waals surface area contributed by atoms with Crippen LogP contribution < -0.4 is 9.61 Å². The van der Waals surface area contributed by atoms with Gasteiger partial charge >= 0.3 is 13.7 Å². The first-order valence-corrected chi connectivity index (χ1v) is 13.0. The van der Waals surface area contributed by atoms with Crippen LogP contribution in [0.2, 0.25) is 0 Å². The molecule has 2 N–H and O–H groups in total. The Morgan fingerprint density at radius 1 is 1.36 bits per heavy atom. The highest BCUT2D eigenvalue weighted by Gasteiger charge is 2.57. The molecule has 198 valence electrons. The molecule has 11 nitrogen and oxygen atoms in total. The van der Waals surface area contributed by atoms with Crippen molar-refractivity contribution < 1.29 is 47.0 Å². The lowest BCUT2D eigenvalue weighted by Gasteiger charge is -2.32. The van der Waals surface area contributed by atoms with Gasteiger partial charge in [-0.2, -0.15) is 5.09 Å². The first-order valence-electron chi connectivity index (χ1n) is 11.4. The summed E-state index contributed by atoms with van der Waals surface area (Å²) in [4.78, 5) is 36.8. The zero-order chi connectivity index (χ0) is 26.5. The maximum atomic E-state index is 15.5. The average Bonchev–Trinajstić information content (AvgIpc) is 3.05. The van der Waals surface area contributed by atoms with E-state index in [2.05, 4.69) is 5.09 Å². The van der Waals surface area contributed by atoms with Crippen molar-refractivity contribution in [2.24, 2.45) is 0 Å². The quantitative estimate of drug-likeness (QED) is 0.250. The molecule has 0 spiro atoms. The van der Waals surface area contributed by atoms with Crippen LogP contribution in [0.1, 0.15) is 33.6 Å². The van der Waals surface area contributed by atoms with Gasteiger partial charge in [-0.3, -0.25) is 23.8 Å². The van der Waals surface area contributed by atoms with E-state index in [1.54, 1.807) is 18.2 Å². The smallest absolute Gasteiger partial charge is 0.459 e. The third kappa shape index (κ3) is 6.57. The fraction of sp³-hybridized carbons (Fsp3) is 0.522. The molecule has 0 aliphatic carbocycles. The van der Waals surface area contributed by atoms with Gasteiger partial charge in [-0.05, 0) is 38.5 Å².